The van der Waals surface area contributed by atoms with Gasteiger partial charge in [-0.05, 0) is 0 Å². The van der Waals surface area contributed by atoms with E-state index in [0.29, 0.717) is 0 Å². The van der Waals surface area contributed by atoms with Gasteiger partial charge in [0.25, 0.3) is 0 Å². The van der Waals surface area contributed by atoms with Crippen molar-refractivity contribution < 1.29 is 0 Å². The van der Waals surface area contributed by atoms with Gasteiger partial charge < -0.3 is 0 Å². The molecule has 0 saturated carbocycles. The van der Waals surface area contributed by atoms with Crippen LogP contribution in [0, 0.1) is 0 Å². The van der Waals surface area contributed by atoms with Crippen molar-refractivity contribution in [3.8, 4) is 0 Å². The SMILES string of the molecule is CC(=[CH][SnH])c1ccccc1. The first-order chi connectivity index (χ1) is 4.84. The molecular weight excluding hydrogens is 227 g/mol. The van der Waals surface area contributed by atoms with Crippen molar-refractivity contribution in [1.29, 1.82) is 0 Å². The molecule has 0 atom stereocenters. The Balaban J connectivity index is 2.96. The molecule has 1 aromatic carbocycles. The molecular formula is C9H10Sn. The summed E-state index contributed by atoms with van der Waals surface area (Å²) >= 11 is 1.20. The van der Waals surface area contributed by atoms with E-state index in [1.54, 1.807) is 0 Å². The van der Waals surface area contributed by atoms with Crippen molar-refractivity contribution in [2.24, 2.45) is 0 Å². The fourth-order valence-corrected chi connectivity index (χ4v) is 1.35. The Morgan fingerprint density at radius 3 is 2.40 bits per heavy atom. The molecule has 0 aromatic heterocycles. The number of rotatable bonds is 1. The number of hydrogen-bond donors (Lipinski definition) is 0. The summed E-state index contributed by atoms with van der Waals surface area (Å²) in [5.74, 6) is 0. The van der Waals surface area contributed by atoms with E-state index in [1.807, 2.05) is 6.07 Å². The second kappa shape index (κ2) is 3.81. The maximum absolute atomic E-state index is 2.25. The number of allylic oxidation sites excluding steroid dienone is 1. The summed E-state index contributed by atoms with van der Waals surface area (Å²) in [4.78, 5) is 0. The molecule has 0 N–H and O–H groups in total. The molecule has 2 radical (unpaired) electrons. The van der Waals surface area contributed by atoms with Crippen LogP contribution in [0.3, 0.4) is 0 Å². The third-order valence-electron chi connectivity index (χ3n) is 1.48. The summed E-state index contributed by atoms with van der Waals surface area (Å²) in [5.41, 5.74) is 2.73. The Labute approximate surface area is 75.0 Å². The van der Waals surface area contributed by atoms with Crippen LogP contribution >= 0.6 is 0 Å². The first-order valence-corrected chi connectivity index (χ1v) is 5.19. The van der Waals surface area contributed by atoms with Crippen LogP contribution in [0.5, 0.6) is 0 Å². The van der Waals surface area contributed by atoms with Crippen LogP contribution in [0.25, 0.3) is 5.57 Å². The van der Waals surface area contributed by atoms with Crippen molar-refractivity contribution in [2.75, 3.05) is 0 Å². The summed E-state index contributed by atoms with van der Waals surface area (Å²) in [7, 11) is 0. The van der Waals surface area contributed by atoms with Gasteiger partial charge in [0, 0.05) is 0 Å². The fraction of sp³-hybridized carbons (Fsp3) is 0.111. The maximum atomic E-state index is 2.25. The fourth-order valence-electron chi connectivity index (χ4n) is 0.797. The van der Waals surface area contributed by atoms with Crippen molar-refractivity contribution in [3.63, 3.8) is 0 Å². The van der Waals surface area contributed by atoms with E-state index in [2.05, 4.69) is 35.3 Å². The molecule has 0 spiro atoms. The van der Waals surface area contributed by atoms with Gasteiger partial charge in [0.05, 0.1) is 0 Å². The van der Waals surface area contributed by atoms with Crippen molar-refractivity contribution >= 4 is 28.1 Å². The van der Waals surface area contributed by atoms with Crippen molar-refractivity contribution in [1.82, 2.24) is 0 Å². The summed E-state index contributed by atoms with van der Waals surface area (Å²) in [6.07, 6.45) is 0. The average molecular weight is 237 g/mol. The van der Waals surface area contributed by atoms with Gasteiger partial charge in [-0.1, -0.05) is 0 Å². The van der Waals surface area contributed by atoms with Crippen molar-refractivity contribution in [3.05, 3.63) is 40.0 Å². The Morgan fingerprint density at radius 1 is 1.30 bits per heavy atom. The van der Waals surface area contributed by atoms with Crippen molar-refractivity contribution in [2.45, 2.75) is 6.92 Å². The molecule has 0 aliphatic heterocycles. The minimum absolute atomic E-state index is 1.20. The minimum atomic E-state index is 1.20. The van der Waals surface area contributed by atoms with Crippen LogP contribution in [-0.4, -0.2) is 22.5 Å². The molecule has 1 heteroatoms. The van der Waals surface area contributed by atoms with Gasteiger partial charge in [-0.2, -0.15) is 0 Å². The Hall–Kier alpha value is -0.241. The normalized spacial score (nSPS) is 11.6. The first-order valence-electron chi connectivity index (χ1n) is 3.28. The first kappa shape index (κ1) is 7.86. The molecule has 0 aliphatic carbocycles. The molecule has 1 rings (SSSR count). The predicted molar refractivity (Wildman–Crippen MR) is 47.2 cm³/mol. The van der Waals surface area contributed by atoms with Crippen LogP contribution < -0.4 is 0 Å². The summed E-state index contributed by atoms with van der Waals surface area (Å²) in [6, 6.07) is 10.5. The third-order valence-corrected chi connectivity index (χ3v) is 2.91. The second-order valence-electron chi connectivity index (χ2n) is 2.22. The zero-order chi connectivity index (χ0) is 7.40. The van der Waals surface area contributed by atoms with E-state index in [4.69, 9.17) is 0 Å². The summed E-state index contributed by atoms with van der Waals surface area (Å²) < 4.78 is 2.25. The molecule has 0 bridgehead atoms. The van der Waals surface area contributed by atoms with E-state index in [1.165, 1.54) is 33.7 Å². The topological polar surface area (TPSA) is 0 Å². The van der Waals surface area contributed by atoms with Gasteiger partial charge in [-0.15, -0.1) is 0 Å². The molecule has 0 unspecified atom stereocenters. The van der Waals surface area contributed by atoms with Crippen LogP contribution in [0.1, 0.15) is 12.5 Å². The Bertz CT molecular complexity index is 224. The van der Waals surface area contributed by atoms with Gasteiger partial charge in [0.2, 0.25) is 0 Å². The summed E-state index contributed by atoms with van der Waals surface area (Å²) in [6.45, 7) is 2.15. The summed E-state index contributed by atoms with van der Waals surface area (Å²) in [5, 5.41) is 0. The van der Waals surface area contributed by atoms with Crippen LogP contribution in [0.15, 0.2) is 34.4 Å². The quantitative estimate of drug-likeness (QED) is 0.654. The van der Waals surface area contributed by atoms with E-state index in [0.717, 1.165) is 0 Å². The predicted octanol–water partition coefficient (Wildman–Crippen LogP) is 1.95. The molecule has 0 heterocycles. The molecule has 50 valence electrons. The molecule has 0 amide bonds. The van der Waals surface area contributed by atoms with Gasteiger partial charge in [-0.3, -0.25) is 0 Å². The van der Waals surface area contributed by atoms with E-state index < -0.39 is 0 Å². The second-order valence-corrected chi connectivity index (χ2v) is 3.17. The molecule has 0 saturated heterocycles. The zero-order valence-electron chi connectivity index (χ0n) is 6.04. The van der Waals surface area contributed by atoms with Gasteiger partial charge in [0.15, 0.2) is 0 Å². The molecule has 0 aliphatic rings. The van der Waals surface area contributed by atoms with E-state index in [9.17, 15) is 0 Å². The van der Waals surface area contributed by atoms with Gasteiger partial charge in [0.1, 0.15) is 0 Å². The van der Waals surface area contributed by atoms with Gasteiger partial charge in [-0.25, -0.2) is 0 Å². The molecule has 10 heavy (non-hydrogen) atoms. The van der Waals surface area contributed by atoms with Crippen LogP contribution in [0.2, 0.25) is 0 Å². The van der Waals surface area contributed by atoms with E-state index >= 15 is 0 Å². The van der Waals surface area contributed by atoms with E-state index in [-0.39, 0.29) is 0 Å². The monoisotopic (exact) mass is 238 g/mol. The standard InChI is InChI=1S/C9H9.Sn.H/c1-8(2)9-6-4-3-5-7-9;;/h1,3-7H,2H3;;. The van der Waals surface area contributed by atoms with Crippen LogP contribution in [0.4, 0.5) is 0 Å². The Morgan fingerprint density at radius 2 is 1.90 bits per heavy atom. The Kier molecular flexibility index (Phi) is 3.00. The molecule has 0 nitrogen and oxygen atoms in total. The average Bonchev–Trinajstić information content (AvgIpc) is 2.05. The number of benzene rings is 1. The van der Waals surface area contributed by atoms with Crippen LogP contribution in [-0.2, 0) is 0 Å². The van der Waals surface area contributed by atoms with Gasteiger partial charge >= 0.3 is 75.0 Å². The molecule has 0 fully saturated rings. The third kappa shape index (κ3) is 1.87. The number of hydrogen-bond acceptors (Lipinski definition) is 0. The molecule has 1 aromatic rings. The zero-order valence-corrected chi connectivity index (χ0v) is 9.34.